The summed E-state index contributed by atoms with van der Waals surface area (Å²) in [5.74, 6) is -0.294. The van der Waals surface area contributed by atoms with Crippen molar-refractivity contribution in [2.75, 3.05) is 5.32 Å². The number of fused-ring (bicyclic) bond motifs is 1. The Morgan fingerprint density at radius 1 is 1.25 bits per heavy atom. The molecule has 98 valence electrons. The second-order valence-corrected chi connectivity index (χ2v) is 5.50. The fourth-order valence-corrected chi connectivity index (χ4v) is 2.83. The molecular weight excluding hydrogens is 297 g/mol. The van der Waals surface area contributed by atoms with Crippen LogP contribution in [0.1, 0.15) is 5.56 Å². The van der Waals surface area contributed by atoms with Gasteiger partial charge in [0.25, 0.3) is 0 Å². The molecule has 0 amide bonds. The number of nitrogens with zero attached hydrogens (tertiary/aromatic N) is 2. The number of nitrogens with one attached hydrogen (secondary N) is 1. The normalized spacial score (nSPS) is 10.4. The van der Waals surface area contributed by atoms with E-state index in [1.54, 1.807) is 24.3 Å². The molecule has 0 aliphatic rings. The maximum absolute atomic E-state index is 13.1. The summed E-state index contributed by atoms with van der Waals surface area (Å²) in [6, 6.07) is 11.4. The van der Waals surface area contributed by atoms with Crippen molar-refractivity contribution < 1.29 is 4.39 Å². The third-order valence-corrected chi connectivity index (χ3v) is 3.95. The zero-order valence-electron chi connectivity index (χ0n) is 10.0. The van der Waals surface area contributed by atoms with Crippen molar-refractivity contribution in [1.29, 1.82) is 5.26 Å². The summed E-state index contributed by atoms with van der Waals surface area (Å²) in [6.45, 7) is 0. The van der Waals surface area contributed by atoms with Gasteiger partial charge >= 0.3 is 0 Å². The second kappa shape index (κ2) is 5.08. The average Bonchev–Trinajstić information content (AvgIpc) is 2.82. The van der Waals surface area contributed by atoms with Gasteiger partial charge in [-0.05, 0) is 36.4 Å². The maximum atomic E-state index is 13.1. The minimum absolute atomic E-state index is 0.294. The molecule has 1 N–H and O–H groups in total. The Balaban J connectivity index is 1.99. The van der Waals surface area contributed by atoms with Crippen LogP contribution < -0.4 is 5.32 Å². The van der Waals surface area contributed by atoms with E-state index in [-0.39, 0.29) is 5.82 Å². The highest BCUT2D eigenvalue weighted by Gasteiger charge is 2.08. The molecule has 0 aliphatic carbocycles. The Hall–Kier alpha value is -2.16. The van der Waals surface area contributed by atoms with Gasteiger partial charge in [-0.25, -0.2) is 9.37 Å². The van der Waals surface area contributed by atoms with Gasteiger partial charge < -0.3 is 5.32 Å². The van der Waals surface area contributed by atoms with Crippen molar-refractivity contribution in [1.82, 2.24) is 4.98 Å². The predicted molar refractivity (Wildman–Crippen MR) is 79.0 cm³/mol. The molecule has 3 aromatic rings. The third-order valence-electron chi connectivity index (χ3n) is 2.69. The van der Waals surface area contributed by atoms with Gasteiger partial charge in [0.1, 0.15) is 5.82 Å². The summed E-state index contributed by atoms with van der Waals surface area (Å²) >= 11 is 7.40. The highest BCUT2D eigenvalue weighted by molar-refractivity contribution is 7.22. The Morgan fingerprint density at radius 2 is 2.10 bits per heavy atom. The molecule has 6 heteroatoms. The SMILES string of the molecule is N#Cc1ccc(Cl)c(Nc2nc3ccc(F)cc3s2)c1. The monoisotopic (exact) mass is 303 g/mol. The lowest BCUT2D eigenvalue weighted by Crippen LogP contribution is -1.91. The molecule has 0 saturated heterocycles. The molecule has 1 aromatic heterocycles. The van der Waals surface area contributed by atoms with Crippen molar-refractivity contribution in [2.24, 2.45) is 0 Å². The Kier molecular flexibility index (Phi) is 3.26. The third kappa shape index (κ3) is 2.44. The molecule has 0 saturated carbocycles. The van der Waals surface area contributed by atoms with Crippen molar-refractivity contribution in [3.8, 4) is 6.07 Å². The summed E-state index contributed by atoms with van der Waals surface area (Å²) in [5, 5.41) is 13.0. The first-order valence-electron chi connectivity index (χ1n) is 5.68. The number of benzene rings is 2. The predicted octanol–water partition coefficient (Wildman–Crippen LogP) is 4.70. The molecule has 0 bridgehead atoms. The van der Waals surface area contributed by atoms with Crippen LogP contribution in [-0.2, 0) is 0 Å². The highest BCUT2D eigenvalue weighted by atomic mass is 35.5. The van der Waals surface area contributed by atoms with Crippen LogP contribution in [0, 0.1) is 17.1 Å². The first-order chi connectivity index (χ1) is 9.65. The first kappa shape index (κ1) is 12.9. The molecule has 1 heterocycles. The lowest BCUT2D eigenvalue weighted by atomic mass is 10.2. The highest BCUT2D eigenvalue weighted by Crippen LogP contribution is 2.31. The van der Waals surface area contributed by atoms with Gasteiger partial charge in [0.2, 0.25) is 0 Å². The number of hydrogen-bond acceptors (Lipinski definition) is 4. The molecule has 0 radical (unpaired) electrons. The number of nitriles is 1. The smallest absolute Gasteiger partial charge is 0.188 e. The van der Waals surface area contributed by atoms with Crippen molar-refractivity contribution in [3.05, 3.63) is 52.8 Å². The number of rotatable bonds is 2. The summed E-state index contributed by atoms with van der Waals surface area (Å²) in [7, 11) is 0. The lowest BCUT2D eigenvalue weighted by molar-refractivity contribution is 0.630. The average molecular weight is 304 g/mol. The number of aromatic nitrogens is 1. The van der Waals surface area contributed by atoms with Gasteiger partial charge in [-0.3, -0.25) is 0 Å². The van der Waals surface area contributed by atoms with Crippen molar-refractivity contribution >= 4 is 44.0 Å². The van der Waals surface area contributed by atoms with E-state index in [1.807, 2.05) is 6.07 Å². The van der Waals surface area contributed by atoms with Crippen LogP contribution in [0.2, 0.25) is 5.02 Å². The number of hydrogen-bond donors (Lipinski definition) is 1. The topological polar surface area (TPSA) is 48.7 Å². The minimum Gasteiger partial charge on any atom is -0.330 e. The molecule has 0 atom stereocenters. The fourth-order valence-electron chi connectivity index (χ4n) is 1.76. The molecule has 0 unspecified atom stereocenters. The summed E-state index contributed by atoms with van der Waals surface area (Å²) in [4.78, 5) is 4.34. The van der Waals surface area contributed by atoms with Crippen LogP contribution in [0.15, 0.2) is 36.4 Å². The molecule has 3 nitrogen and oxygen atoms in total. The maximum Gasteiger partial charge on any atom is 0.188 e. The number of anilines is 2. The lowest BCUT2D eigenvalue weighted by Gasteiger charge is -2.04. The molecular formula is C14H7ClFN3S. The van der Waals surface area contributed by atoms with E-state index in [9.17, 15) is 4.39 Å². The molecule has 20 heavy (non-hydrogen) atoms. The number of halogens is 2. The van der Waals surface area contributed by atoms with Crippen LogP contribution in [-0.4, -0.2) is 4.98 Å². The fraction of sp³-hybridized carbons (Fsp3) is 0. The summed E-state index contributed by atoms with van der Waals surface area (Å²) in [5.41, 5.74) is 1.82. The van der Waals surface area contributed by atoms with E-state index >= 15 is 0 Å². The Morgan fingerprint density at radius 3 is 2.90 bits per heavy atom. The zero-order chi connectivity index (χ0) is 14.1. The van der Waals surface area contributed by atoms with E-state index in [4.69, 9.17) is 16.9 Å². The molecule has 0 aliphatic heterocycles. The van der Waals surface area contributed by atoms with Crippen LogP contribution >= 0.6 is 22.9 Å². The van der Waals surface area contributed by atoms with E-state index in [2.05, 4.69) is 10.3 Å². The van der Waals surface area contributed by atoms with Crippen LogP contribution in [0.3, 0.4) is 0 Å². The van der Waals surface area contributed by atoms with Gasteiger partial charge in [-0.2, -0.15) is 5.26 Å². The summed E-state index contributed by atoms with van der Waals surface area (Å²) in [6.07, 6.45) is 0. The van der Waals surface area contributed by atoms with Gasteiger partial charge in [-0.15, -0.1) is 0 Å². The summed E-state index contributed by atoms with van der Waals surface area (Å²) < 4.78 is 13.9. The van der Waals surface area contributed by atoms with E-state index in [0.717, 1.165) is 4.70 Å². The van der Waals surface area contributed by atoms with Crippen molar-refractivity contribution in [3.63, 3.8) is 0 Å². The molecule has 0 fully saturated rings. The second-order valence-electron chi connectivity index (χ2n) is 4.06. The standard InChI is InChI=1S/C14H7ClFN3S/c15-10-3-1-8(7-17)5-12(10)19-14-18-11-4-2-9(16)6-13(11)20-14/h1-6H,(H,18,19). The molecule has 3 rings (SSSR count). The number of thiazole rings is 1. The largest absolute Gasteiger partial charge is 0.330 e. The van der Waals surface area contributed by atoms with Crippen LogP contribution in [0.25, 0.3) is 10.2 Å². The van der Waals surface area contributed by atoms with E-state index in [1.165, 1.54) is 23.5 Å². The Bertz CT molecular complexity index is 838. The van der Waals surface area contributed by atoms with Crippen molar-refractivity contribution in [2.45, 2.75) is 0 Å². The van der Waals surface area contributed by atoms with E-state index in [0.29, 0.717) is 26.9 Å². The van der Waals surface area contributed by atoms with Gasteiger partial charge in [0.05, 0.1) is 32.6 Å². The quantitative estimate of drug-likeness (QED) is 0.746. The van der Waals surface area contributed by atoms with Gasteiger partial charge in [0.15, 0.2) is 5.13 Å². The van der Waals surface area contributed by atoms with Crippen LogP contribution in [0.5, 0.6) is 0 Å². The molecule has 0 spiro atoms. The Labute approximate surface area is 123 Å². The van der Waals surface area contributed by atoms with Gasteiger partial charge in [0, 0.05) is 0 Å². The van der Waals surface area contributed by atoms with Gasteiger partial charge in [-0.1, -0.05) is 22.9 Å². The minimum atomic E-state index is -0.294. The van der Waals surface area contributed by atoms with E-state index < -0.39 is 0 Å². The molecule has 2 aromatic carbocycles. The first-order valence-corrected chi connectivity index (χ1v) is 6.88. The zero-order valence-corrected chi connectivity index (χ0v) is 11.6. The van der Waals surface area contributed by atoms with Crippen LogP contribution in [0.4, 0.5) is 15.2 Å².